The Kier molecular flexibility index (Phi) is 5.91. The van der Waals surface area contributed by atoms with Gasteiger partial charge in [-0.25, -0.2) is 4.98 Å². The fraction of sp³-hybridized carbons (Fsp3) is 0.235. The van der Waals surface area contributed by atoms with Crippen LogP contribution in [0, 0.1) is 0 Å². The maximum absolute atomic E-state index is 12.3. The lowest BCUT2D eigenvalue weighted by Gasteiger charge is -2.09. The van der Waals surface area contributed by atoms with Gasteiger partial charge >= 0.3 is 0 Å². The highest BCUT2D eigenvalue weighted by atomic mass is 32.2. The summed E-state index contributed by atoms with van der Waals surface area (Å²) in [5, 5.41) is 0. The van der Waals surface area contributed by atoms with E-state index in [0.717, 1.165) is 0 Å². The Bertz CT molecular complexity index is 811. The lowest BCUT2D eigenvalue weighted by atomic mass is 10.2. The van der Waals surface area contributed by atoms with Gasteiger partial charge in [0, 0.05) is 13.1 Å². The molecule has 9 heteroatoms. The molecule has 2 aliphatic rings. The minimum atomic E-state index is -0.0986. The molecule has 2 fully saturated rings. The number of carbonyl (C=O) groups excluding carboxylic acids is 2. The predicted octanol–water partition coefficient (Wildman–Crippen LogP) is 3.52. The maximum atomic E-state index is 12.3. The maximum Gasteiger partial charge on any atom is 0.266 e. The third-order valence-corrected chi connectivity index (χ3v) is 6.49. The Morgan fingerprint density at radius 3 is 1.69 bits per heavy atom. The molecule has 1 aromatic heterocycles. The van der Waals surface area contributed by atoms with Crippen molar-refractivity contribution in [2.24, 2.45) is 0 Å². The van der Waals surface area contributed by atoms with Gasteiger partial charge in [0.1, 0.15) is 8.64 Å². The average Bonchev–Trinajstić information content (AvgIpc) is 3.03. The molecule has 3 heterocycles. The zero-order valence-electron chi connectivity index (χ0n) is 14.1. The van der Waals surface area contributed by atoms with Crippen molar-refractivity contribution in [1.82, 2.24) is 14.8 Å². The summed E-state index contributed by atoms with van der Waals surface area (Å²) in [6.07, 6.45) is 3.45. The van der Waals surface area contributed by atoms with Crippen molar-refractivity contribution in [2.45, 2.75) is 13.8 Å². The van der Waals surface area contributed by atoms with Crippen molar-refractivity contribution in [1.29, 1.82) is 0 Å². The molecule has 2 saturated heterocycles. The number of rotatable bonds is 4. The number of hydrogen-bond donors (Lipinski definition) is 0. The summed E-state index contributed by atoms with van der Waals surface area (Å²) < 4.78 is 1.12. The summed E-state index contributed by atoms with van der Waals surface area (Å²) in [7, 11) is 0. The fourth-order valence-electron chi connectivity index (χ4n) is 2.44. The van der Waals surface area contributed by atoms with Crippen LogP contribution in [-0.4, -0.2) is 48.3 Å². The second kappa shape index (κ2) is 7.99. The fourth-order valence-corrected chi connectivity index (χ4v) is 5.18. The molecular formula is C17H15N3O2S4. The van der Waals surface area contributed by atoms with E-state index in [1.54, 1.807) is 22.0 Å². The van der Waals surface area contributed by atoms with Crippen LogP contribution in [0.3, 0.4) is 0 Å². The molecule has 1 aromatic rings. The van der Waals surface area contributed by atoms with Gasteiger partial charge in [0.15, 0.2) is 0 Å². The highest BCUT2D eigenvalue weighted by molar-refractivity contribution is 8.27. The highest BCUT2D eigenvalue weighted by Gasteiger charge is 2.31. The zero-order chi connectivity index (χ0) is 18.8. The van der Waals surface area contributed by atoms with Gasteiger partial charge in [0.05, 0.1) is 21.2 Å². The number of nitrogens with zero attached hydrogens (tertiary/aromatic N) is 3. The quantitative estimate of drug-likeness (QED) is 0.544. The Balaban J connectivity index is 1.86. The van der Waals surface area contributed by atoms with Crippen LogP contribution >= 0.6 is 48.0 Å². The topological polar surface area (TPSA) is 53.5 Å². The second-order valence-corrected chi connectivity index (χ2v) is 8.69. The lowest BCUT2D eigenvalue weighted by Crippen LogP contribution is -2.27. The van der Waals surface area contributed by atoms with Gasteiger partial charge in [-0.3, -0.25) is 19.4 Å². The average molecular weight is 422 g/mol. The van der Waals surface area contributed by atoms with E-state index in [4.69, 9.17) is 24.4 Å². The van der Waals surface area contributed by atoms with Gasteiger partial charge in [-0.2, -0.15) is 0 Å². The summed E-state index contributed by atoms with van der Waals surface area (Å²) >= 11 is 13.0. The first-order valence-electron chi connectivity index (χ1n) is 7.92. The van der Waals surface area contributed by atoms with Gasteiger partial charge < -0.3 is 0 Å². The Morgan fingerprint density at radius 2 is 1.35 bits per heavy atom. The number of pyridine rings is 1. The number of amides is 2. The van der Waals surface area contributed by atoms with E-state index in [0.29, 0.717) is 42.9 Å². The Morgan fingerprint density at radius 1 is 0.923 bits per heavy atom. The summed E-state index contributed by atoms with van der Waals surface area (Å²) in [6, 6.07) is 5.46. The highest BCUT2D eigenvalue weighted by Crippen LogP contribution is 2.33. The van der Waals surface area contributed by atoms with Gasteiger partial charge in [0.25, 0.3) is 11.8 Å². The SMILES string of the molecule is CCN1C(=O)C(=Cc2cccc(C=C3SC(=S)N(CC)C3=O)n2)SC1=S. The van der Waals surface area contributed by atoms with E-state index < -0.39 is 0 Å². The molecule has 3 rings (SSSR count). The largest absolute Gasteiger partial charge is 0.293 e. The van der Waals surface area contributed by atoms with Crippen LogP contribution in [0.15, 0.2) is 28.0 Å². The summed E-state index contributed by atoms with van der Waals surface area (Å²) in [6.45, 7) is 4.88. The molecule has 0 saturated carbocycles. The molecule has 134 valence electrons. The smallest absolute Gasteiger partial charge is 0.266 e. The number of thioether (sulfide) groups is 2. The first-order chi connectivity index (χ1) is 12.4. The predicted molar refractivity (Wildman–Crippen MR) is 115 cm³/mol. The first kappa shape index (κ1) is 19.2. The number of aromatic nitrogens is 1. The van der Waals surface area contributed by atoms with Gasteiger partial charge in [0.2, 0.25) is 0 Å². The minimum absolute atomic E-state index is 0.0986. The molecule has 0 aliphatic carbocycles. The third kappa shape index (κ3) is 3.75. The Hall–Kier alpha value is -1.55. The number of hydrogen-bond acceptors (Lipinski definition) is 7. The molecule has 0 N–H and O–H groups in total. The third-order valence-electron chi connectivity index (χ3n) is 3.73. The molecule has 0 bridgehead atoms. The van der Waals surface area contributed by atoms with Crippen LogP contribution in [0.25, 0.3) is 12.2 Å². The molecule has 0 spiro atoms. The molecule has 5 nitrogen and oxygen atoms in total. The van der Waals surface area contributed by atoms with Crippen molar-refractivity contribution >= 4 is 80.6 Å². The standard InChI is InChI=1S/C17H15N3O2S4/c1-3-19-14(21)12(25-16(19)23)8-10-6-5-7-11(18-10)9-13-15(22)20(4-2)17(24)26-13/h5-9H,3-4H2,1-2H3. The molecule has 0 atom stereocenters. The van der Waals surface area contributed by atoms with Crippen molar-refractivity contribution in [2.75, 3.05) is 13.1 Å². The van der Waals surface area contributed by atoms with Crippen molar-refractivity contribution in [3.63, 3.8) is 0 Å². The van der Waals surface area contributed by atoms with E-state index in [1.807, 2.05) is 32.0 Å². The van der Waals surface area contributed by atoms with Gasteiger partial charge in [-0.05, 0) is 38.1 Å². The second-order valence-electron chi connectivity index (χ2n) is 5.34. The zero-order valence-corrected chi connectivity index (χ0v) is 17.4. The van der Waals surface area contributed by atoms with Crippen LogP contribution in [0.2, 0.25) is 0 Å². The Labute approximate surface area is 170 Å². The van der Waals surface area contributed by atoms with E-state index in [2.05, 4.69) is 4.98 Å². The summed E-state index contributed by atoms with van der Waals surface area (Å²) in [4.78, 5) is 33.4. The number of likely N-dealkylation sites (N-methyl/N-ethyl adjacent to an activating group) is 2. The minimum Gasteiger partial charge on any atom is -0.293 e. The van der Waals surface area contributed by atoms with Crippen molar-refractivity contribution in [3.8, 4) is 0 Å². The normalized spacial score (nSPS) is 21.0. The van der Waals surface area contributed by atoms with Crippen LogP contribution in [-0.2, 0) is 9.59 Å². The van der Waals surface area contributed by atoms with Crippen LogP contribution in [0.4, 0.5) is 0 Å². The molecule has 2 aliphatic heterocycles. The summed E-state index contributed by atoms with van der Waals surface area (Å²) in [5.74, 6) is -0.197. The van der Waals surface area contributed by atoms with E-state index >= 15 is 0 Å². The molecule has 2 amide bonds. The molecule has 0 unspecified atom stereocenters. The monoisotopic (exact) mass is 421 g/mol. The van der Waals surface area contributed by atoms with Crippen molar-refractivity contribution < 1.29 is 9.59 Å². The van der Waals surface area contributed by atoms with E-state index in [-0.39, 0.29) is 11.8 Å². The number of carbonyl (C=O) groups is 2. The van der Waals surface area contributed by atoms with Crippen LogP contribution in [0.1, 0.15) is 25.2 Å². The van der Waals surface area contributed by atoms with E-state index in [1.165, 1.54) is 23.5 Å². The van der Waals surface area contributed by atoms with Crippen LogP contribution < -0.4 is 0 Å². The van der Waals surface area contributed by atoms with E-state index in [9.17, 15) is 9.59 Å². The molecular weight excluding hydrogens is 406 g/mol. The number of thiocarbonyl (C=S) groups is 2. The molecule has 0 radical (unpaired) electrons. The van der Waals surface area contributed by atoms with Gasteiger partial charge in [-0.1, -0.05) is 54.0 Å². The van der Waals surface area contributed by atoms with Crippen LogP contribution in [0.5, 0.6) is 0 Å². The molecule has 0 aromatic carbocycles. The molecule has 26 heavy (non-hydrogen) atoms. The van der Waals surface area contributed by atoms with Crippen molar-refractivity contribution in [3.05, 3.63) is 39.4 Å². The first-order valence-corrected chi connectivity index (χ1v) is 10.4. The summed E-state index contributed by atoms with van der Waals surface area (Å²) in [5.41, 5.74) is 1.28. The lowest BCUT2D eigenvalue weighted by molar-refractivity contribution is -0.122. The van der Waals surface area contributed by atoms with Gasteiger partial charge in [-0.15, -0.1) is 0 Å².